The number of ether oxygens (including phenoxy) is 1. The third kappa shape index (κ3) is 2.17. The van der Waals surface area contributed by atoms with Crippen LogP contribution < -0.4 is 10.5 Å². The summed E-state index contributed by atoms with van der Waals surface area (Å²) in [4.78, 5) is 8.44. The highest BCUT2D eigenvalue weighted by Crippen LogP contribution is 2.34. The molecule has 0 spiro atoms. The number of nitrogen functional groups attached to an aromatic ring is 1. The number of anilines is 1. The van der Waals surface area contributed by atoms with Gasteiger partial charge in [0.15, 0.2) is 5.82 Å². The number of aryl methyl sites for hydroxylation is 1. The second-order valence-corrected chi connectivity index (χ2v) is 3.99. The van der Waals surface area contributed by atoms with Crippen LogP contribution in [0.25, 0.3) is 11.4 Å². The average Bonchev–Trinajstić information content (AvgIpc) is 2.32. The number of aromatic nitrogens is 2. The predicted molar refractivity (Wildman–Crippen MR) is 68.2 cm³/mol. The molecule has 17 heavy (non-hydrogen) atoms. The molecule has 0 unspecified atom stereocenters. The topological polar surface area (TPSA) is 61.0 Å². The van der Waals surface area contributed by atoms with Gasteiger partial charge >= 0.3 is 0 Å². The lowest BCUT2D eigenvalue weighted by atomic mass is 10.2. The summed E-state index contributed by atoms with van der Waals surface area (Å²) < 4.78 is 5.25. The maximum atomic E-state index is 6.13. The van der Waals surface area contributed by atoms with Crippen LogP contribution in [0.5, 0.6) is 5.75 Å². The fraction of sp³-hybridized carbons (Fsp3) is 0.167. The summed E-state index contributed by atoms with van der Waals surface area (Å²) in [6, 6.07) is 5.38. The molecule has 0 fully saturated rings. The van der Waals surface area contributed by atoms with Crippen LogP contribution in [0.1, 0.15) is 5.56 Å². The molecule has 1 aromatic carbocycles. The van der Waals surface area contributed by atoms with Gasteiger partial charge in [-0.05, 0) is 19.1 Å². The number of rotatable bonds is 2. The Morgan fingerprint density at radius 1 is 1.35 bits per heavy atom. The minimum Gasteiger partial charge on any atom is -0.496 e. The average molecular weight is 250 g/mol. The van der Waals surface area contributed by atoms with Crippen molar-refractivity contribution in [2.24, 2.45) is 0 Å². The van der Waals surface area contributed by atoms with Gasteiger partial charge in [0.05, 0.1) is 17.7 Å². The minimum atomic E-state index is 0.442. The number of halogens is 1. The minimum absolute atomic E-state index is 0.442. The molecular weight excluding hydrogens is 238 g/mol. The fourth-order valence-electron chi connectivity index (χ4n) is 1.47. The second kappa shape index (κ2) is 4.59. The summed E-state index contributed by atoms with van der Waals surface area (Å²) in [5.41, 5.74) is 7.25. The number of methoxy groups -OCH3 is 1. The van der Waals surface area contributed by atoms with E-state index in [2.05, 4.69) is 9.97 Å². The molecule has 1 aromatic heterocycles. The number of nitrogens with zero attached hydrogens (tertiary/aromatic N) is 2. The lowest BCUT2D eigenvalue weighted by Gasteiger charge is -2.09. The van der Waals surface area contributed by atoms with Crippen molar-refractivity contribution in [2.45, 2.75) is 6.92 Å². The van der Waals surface area contributed by atoms with E-state index < -0.39 is 0 Å². The highest BCUT2D eigenvalue weighted by atomic mass is 35.5. The lowest BCUT2D eigenvalue weighted by Crippen LogP contribution is -2.00. The van der Waals surface area contributed by atoms with E-state index in [1.807, 2.05) is 13.0 Å². The van der Waals surface area contributed by atoms with Crippen molar-refractivity contribution in [2.75, 3.05) is 12.8 Å². The lowest BCUT2D eigenvalue weighted by molar-refractivity contribution is 0.416. The van der Waals surface area contributed by atoms with E-state index in [1.54, 1.807) is 25.4 Å². The van der Waals surface area contributed by atoms with Crippen molar-refractivity contribution in [3.05, 3.63) is 35.0 Å². The van der Waals surface area contributed by atoms with Gasteiger partial charge in [0.1, 0.15) is 11.6 Å². The molecule has 0 saturated heterocycles. The monoisotopic (exact) mass is 249 g/mol. The Morgan fingerprint density at radius 2 is 2.12 bits per heavy atom. The third-order valence-corrected chi connectivity index (χ3v) is 2.74. The van der Waals surface area contributed by atoms with Crippen molar-refractivity contribution >= 4 is 17.4 Å². The SMILES string of the molecule is COc1cccc(Cl)c1-c1ncc(C)c(N)n1. The number of hydrogen-bond acceptors (Lipinski definition) is 4. The van der Waals surface area contributed by atoms with Gasteiger partial charge in [0, 0.05) is 11.8 Å². The Bertz CT molecular complexity index is 557. The maximum Gasteiger partial charge on any atom is 0.166 e. The first kappa shape index (κ1) is 11.7. The summed E-state index contributed by atoms with van der Waals surface area (Å²) >= 11 is 6.13. The summed E-state index contributed by atoms with van der Waals surface area (Å²) in [5, 5.41) is 0.535. The van der Waals surface area contributed by atoms with Crippen molar-refractivity contribution in [3.8, 4) is 17.1 Å². The van der Waals surface area contributed by atoms with Crippen LogP contribution in [0.15, 0.2) is 24.4 Å². The Hall–Kier alpha value is -1.81. The third-order valence-electron chi connectivity index (χ3n) is 2.43. The summed E-state index contributed by atoms with van der Waals surface area (Å²) in [7, 11) is 1.58. The van der Waals surface area contributed by atoms with Gasteiger partial charge in [-0.2, -0.15) is 0 Å². The molecule has 0 aliphatic rings. The second-order valence-electron chi connectivity index (χ2n) is 3.58. The van der Waals surface area contributed by atoms with E-state index >= 15 is 0 Å². The predicted octanol–water partition coefficient (Wildman–Crippen LogP) is 2.70. The molecule has 5 heteroatoms. The molecule has 0 saturated carbocycles. The van der Waals surface area contributed by atoms with Crippen LogP contribution in [0, 0.1) is 6.92 Å². The van der Waals surface area contributed by atoms with Gasteiger partial charge in [0.2, 0.25) is 0 Å². The van der Waals surface area contributed by atoms with E-state index in [9.17, 15) is 0 Å². The molecule has 2 aromatic rings. The molecule has 0 atom stereocenters. The van der Waals surface area contributed by atoms with Crippen LogP contribution in [-0.2, 0) is 0 Å². The first-order valence-electron chi connectivity index (χ1n) is 5.05. The number of benzene rings is 1. The smallest absolute Gasteiger partial charge is 0.166 e. The van der Waals surface area contributed by atoms with Crippen molar-refractivity contribution in [3.63, 3.8) is 0 Å². The van der Waals surface area contributed by atoms with Crippen molar-refractivity contribution in [1.82, 2.24) is 9.97 Å². The van der Waals surface area contributed by atoms with E-state index in [-0.39, 0.29) is 0 Å². The Labute approximate surface area is 104 Å². The van der Waals surface area contributed by atoms with Gasteiger partial charge in [-0.15, -0.1) is 0 Å². The first-order chi connectivity index (χ1) is 8.13. The quantitative estimate of drug-likeness (QED) is 0.889. The largest absolute Gasteiger partial charge is 0.496 e. The molecule has 88 valence electrons. The van der Waals surface area contributed by atoms with E-state index in [4.69, 9.17) is 22.1 Å². The van der Waals surface area contributed by atoms with Gasteiger partial charge in [-0.1, -0.05) is 17.7 Å². The van der Waals surface area contributed by atoms with Crippen LogP contribution in [0.3, 0.4) is 0 Å². The highest BCUT2D eigenvalue weighted by Gasteiger charge is 2.13. The van der Waals surface area contributed by atoms with Crippen molar-refractivity contribution in [1.29, 1.82) is 0 Å². The van der Waals surface area contributed by atoms with E-state index in [0.29, 0.717) is 28.0 Å². The van der Waals surface area contributed by atoms with E-state index in [1.165, 1.54) is 0 Å². The number of hydrogen-bond donors (Lipinski definition) is 1. The zero-order valence-electron chi connectivity index (χ0n) is 9.57. The molecule has 0 radical (unpaired) electrons. The highest BCUT2D eigenvalue weighted by molar-refractivity contribution is 6.33. The van der Waals surface area contributed by atoms with Crippen LogP contribution in [0.2, 0.25) is 5.02 Å². The normalized spacial score (nSPS) is 10.3. The fourth-order valence-corrected chi connectivity index (χ4v) is 1.72. The standard InChI is InChI=1S/C12H12ClN3O/c1-7-6-15-12(16-11(7)14)10-8(13)4-3-5-9(10)17-2/h3-6H,1-2H3,(H2,14,15,16). The maximum absolute atomic E-state index is 6.13. The Balaban J connectivity index is 2.63. The summed E-state index contributed by atoms with van der Waals surface area (Å²) in [5.74, 6) is 1.54. The molecule has 0 bridgehead atoms. The molecular formula is C12H12ClN3O. The molecule has 0 aliphatic carbocycles. The van der Waals surface area contributed by atoms with Gasteiger partial charge in [-0.25, -0.2) is 9.97 Å². The molecule has 2 N–H and O–H groups in total. The van der Waals surface area contributed by atoms with Gasteiger partial charge in [0.25, 0.3) is 0 Å². The van der Waals surface area contributed by atoms with Crippen LogP contribution in [-0.4, -0.2) is 17.1 Å². The first-order valence-corrected chi connectivity index (χ1v) is 5.43. The Morgan fingerprint density at radius 3 is 2.76 bits per heavy atom. The molecule has 4 nitrogen and oxygen atoms in total. The van der Waals surface area contributed by atoms with Gasteiger partial charge < -0.3 is 10.5 Å². The molecule has 1 heterocycles. The summed E-state index contributed by atoms with van der Waals surface area (Å²) in [6.07, 6.45) is 1.67. The summed E-state index contributed by atoms with van der Waals surface area (Å²) in [6.45, 7) is 1.85. The van der Waals surface area contributed by atoms with Crippen LogP contribution in [0.4, 0.5) is 5.82 Å². The molecule has 0 aliphatic heterocycles. The zero-order valence-corrected chi connectivity index (χ0v) is 10.3. The zero-order chi connectivity index (χ0) is 12.4. The van der Waals surface area contributed by atoms with Gasteiger partial charge in [-0.3, -0.25) is 0 Å². The Kier molecular flexibility index (Phi) is 3.15. The molecule has 2 rings (SSSR count). The van der Waals surface area contributed by atoms with Crippen molar-refractivity contribution < 1.29 is 4.74 Å². The van der Waals surface area contributed by atoms with Crippen LogP contribution >= 0.6 is 11.6 Å². The molecule has 0 amide bonds. The van der Waals surface area contributed by atoms with E-state index in [0.717, 1.165) is 5.56 Å². The number of nitrogens with two attached hydrogens (primary N) is 1.